The number of hydrogen-bond acceptors (Lipinski definition) is 5. The van der Waals surface area contributed by atoms with Gasteiger partial charge in [0.1, 0.15) is 17.5 Å². The molecule has 3 rings (SSSR count). The molecule has 2 aromatic carbocycles. The quantitative estimate of drug-likeness (QED) is 0.538. The summed E-state index contributed by atoms with van der Waals surface area (Å²) in [6.07, 6.45) is 0. The van der Waals surface area contributed by atoms with Crippen molar-refractivity contribution < 1.29 is 0 Å². The molecule has 0 bridgehead atoms. The predicted molar refractivity (Wildman–Crippen MR) is 102 cm³/mol. The highest BCUT2D eigenvalue weighted by Gasteiger charge is 2.15. The molecule has 0 unspecified atom stereocenters. The molecule has 0 saturated heterocycles. The van der Waals surface area contributed by atoms with E-state index in [9.17, 15) is 5.26 Å². The number of nitrogens with zero attached hydrogens (tertiary/aromatic N) is 3. The third-order valence-electron chi connectivity index (χ3n) is 3.77. The number of thioether (sulfide) groups is 1. The first kappa shape index (κ1) is 17.0. The third kappa shape index (κ3) is 3.98. The largest absolute Gasteiger partial charge is 0.372 e. The lowest BCUT2D eigenvalue weighted by molar-refractivity contribution is 0.968. The smallest absolute Gasteiger partial charge is 0.190 e. The molecule has 1 N–H and O–H groups in total. The molecule has 3 aromatic rings. The number of aromatic nitrogens is 2. The van der Waals surface area contributed by atoms with E-state index in [1.807, 2.05) is 49.4 Å². The Morgan fingerprint density at radius 3 is 2.40 bits per heavy atom. The van der Waals surface area contributed by atoms with Crippen molar-refractivity contribution in [3.8, 4) is 17.3 Å². The Morgan fingerprint density at radius 2 is 1.76 bits per heavy atom. The van der Waals surface area contributed by atoms with E-state index >= 15 is 0 Å². The summed E-state index contributed by atoms with van der Waals surface area (Å²) in [5, 5.41) is 13.2. The van der Waals surface area contributed by atoms with Gasteiger partial charge in [0.25, 0.3) is 0 Å². The minimum atomic E-state index is 0.468. The Hall–Kier alpha value is -2.84. The van der Waals surface area contributed by atoms with Crippen LogP contribution in [0, 0.1) is 18.3 Å². The Labute approximate surface area is 152 Å². The number of nitriles is 1. The van der Waals surface area contributed by atoms with Crippen LogP contribution in [0.2, 0.25) is 0 Å². The van der Waals surface area contributed by atoms with Gasteiger partial charge in [-0.25, -0.2) is 9.97 Å². The van der Waals surface area contributed by atoms with Gasteiger partial charge in [0, 0.05) is 18.4 Å². The maximum atomic E-state index is 9.57. The molecule has 25 heavy (non-hydrogen) atoms. The van der Waals surface area contributed by atoms with Crippen LogP contribution >= 0.6 is 11.8 Å². The molecule has 0 amide bonds. The zero-order chi connectivity index (χ0) is 17.6. The van der Waals surface area contributed by atoms with Crippen LogP contribution in [0.25, 0.3) is 11.3 Å². The first-order valence-corrected chi connectivity index (χ1v) is 8.93. The van der Waals surface area contributed by atoms with Crippen LogP contribution in [0.15, 0.2) is 59.8 Å². The Morgan fingerprint density at radius 1 is 1.04 bits per heavy atom. The van der Waals surface area contributed by atoms with E-state index < -0.39 is 0 Å². The van der Waals surface area contributed by atoms with Crippen molar-refractivity contribution >= 4 is 17.6 Å². The first-order valence-electron chi connectivity index (χ1n) is 7.95. The summed E-state index contributed by atoms with van der Waals surface area (Å²) >= 11 is 1.56. The molecular formula is C20H18N4S. The molecule has 1 aromatic heterocycles. The summed E-state index contributed by atoms with van der Waals surface area (Å²) in [6.45, 7) is 2.04. The van der Waals surface area contributed by atoms with Crippen molar-refractivity contribution in [1.29, 1.82) is 5.26 Å². The molecule has 0 spiro atoms. The van der Waals surface area contributed by atoms with Crippen molar-refractivity contribution in [2.45, 2.75) is 17.8 Å². The van der Waals surface area contributed by atoms with Crippen molar-refractivity contribution in [2.75, 3.05) is 12.4 Å². The maximum absolute atomic E-state index is 9.57. The SMILES string of the molecule is CNc1nc(SCc2ccccc2)nc(-c2ccc(C)cc2)c1C#N. The van der Waals surface area contributed by atoms with Crippen LogP contribution in [0.5, 0.6) is 0 Å². The second-order valence-electron chi connectivity index (χ2n) is 5.58. The maximum Gasteiger partial charge on any atom is 0.190 e. The molecule has 0 aliphatic heterocycles. The van der Waals surface area contributed by atoms with E-state index in [2.05, 4.69) is 33.5 Å². The Bertz CT molecular complexity index is 899. The topological polar surface area (TPSA) is 61.6 Å². The number of benzene rings is 2. The second kappa shape index (κ2) is 7.82. The molecule has 0 radical (unpaired) electrons. The van der Waals surface area contributed by atoms with Gasteiger partial charge < -0.3 is 5.32 Å². The zero-order valence-electron chi connectivity index (χ0n) is 14.2. The normalized spacial score (nSPS) is 10.3. The van der Waals surface area contributed by atoms with Crippen LogP contribution in [0.4, 0.5) is 5.82 Å². The van der Waals surface area contributed by atoms with Gasteiger partial charge in [0.05, 0.1) is 5.69 Å². The van der Waals surface area contributed by atoms with Crippen molar-refractivity contribution in [1.82, 2.24) is 9.97 Å². The van der Waals surface area contributed by atoms with Crippen molar-refractivity contribution in [3.63, 3.8) is 0 Å². The Kier molecular flexibility index (Phi) is 5.32. The molecule has 4 nitrogen and oxygen atoms in total. The average Bonchev–Trinajstić information content (AvgIpc) is 2.67. The predicted octanol–water partition coefficient (Wildman–Crippen LogP) is 4.66. The van der Waals surface area contributed by atoms with Gasteiger partial charge in [-0.1, -0.05) is 71.9 Å². The Balaban J connectivity index is 1.98. The van der Waals surface area contributed by atoms with Crippen molar-refractivity contribution in [2.24, 2.45) is 0 Å². The van der Waals surface area contributed by atoms with Gasteiger partial charge in [-0.3, -0.25) is 0 Å². The number of anilines is 1. The van der Waals surface area contributed by atoms with Crippen molar-refractivity contribution in [3.05, 3.63) is 71.3 Å². The monoisotopic (exact) mass is 346 g/mol. The first-order chi connectivity index (χ1) is 12.2. The fourth-order valence-electron chi connectivity index (χ4n) is 2.43. The minimum Gasteiger partial charge on any atom is -0.372 e. The molecule has 0 aliphatic rings. The van der Waals surface area contributed by atoms with E-state index in [0.717, 1.165) is 11.3 Å². The fraction of sp³-hybridized carbons (Fsp3) is 0.150. The molecule has 5 heteroatoms. The molecule has 1 heterocycles. The molecule has 0 atom stereocenters. The van der Waals surface area contributed by atoms with E-state index in [-0.39, 0.29) is 0 Å². The lowest BCUT2D eigenvalue weighted by atomic mass is 10.1. The van der Waals surface area contributed by atoms with Gasteiger partial charge in [-0.15, -0.1) is 0 Å². The molecule has 0 fully saturated rings. The summed E-state index contributed by atoms with van der Waals surface area (Å²) < 4.78 is 0. The summed E-state index contributed by atoms with van der Waals surface area (Å²) in [5.41, 5.74) is 4.43. The van der Waals surface area contributed by atoms with E-state index in [1.165, 1.54) is 11.1 Å². The second-order valence-corrected chi connectivity index (χ2v) is 6.52. The van der Waals surface area contributed by atoms with Gasteiger partial charge in [-0.2, -0.15) is 5.26 Å². The summed E-state index contributed by atoms with van der Waals surface area (Å²) in [6, 6.07) is 20.5. The van der Waals surface area contributed by atoms with Gasteiger partial charge in [0.2, 0.25) is 0 Å². The standard InChI is InChI=1S/C20H18N4S/c1-14-8-10-16(11-9-14)18-17(12-21)19(22-2)24-20(23-18)25-13-15-6-4-3-5-7-15/h3-11H,13H2,1-2H3,(H,22,23,24). The van der Waals surface area contributed by atoms with Crippen LogP contribution in [0.1, 0.15) is 16.7 Å². The van der Waals surface area contributed by atoms with Crippen LogP contribution in [-0.4, -0.2) is 17.0 Å². The van der Waals surface area contributed by atoms with Crippen LogP contribution in [0.3, 0.4) is 0 Å². The van der Waals surface area contributed by atoms with Crippen LogP contribution < -0.4 is 5.32 Å². The van der Waals surface area contributed by atoms with E-state index in [0.29, 0.717) is 22.2 Å². The molecule has 124 valence electrons. The molecule has 0 aliphatic carbocycles. The lowest BCUT2D eigenvalue weighted by Gasteiger charge is -2.11. The highest BCUT2D eigenvalue weighted by Crippen LogP contribution is 2.30. The summed E-state index contributed by atoms with van der Waals surface area (Å²) in [5.74, 6) is 1.34. The van der Waals surface area contributed by atoms with E-state index in [4.69, 9.17) is 0 Å². The highest BCUT2D eigenvalue weighted by molar-refractivity contribution is 7.98. The molecule has 0 saturated carbocycles. The number of nitrogens with one attached hydrogen (secondary N) is 1. The summed E-state index contributed by atoms with van der Waals surface area (Å²) in [4.78, 5) is 9.16. The fourth-order valence-corrected chi connectivity index (χ4v) is 3.23. The number of rotatable bonds is 5. The van der Waals surface area contributed by atoms with Crippen LogP contribution in [-0.2, 0) is 5.75 Å². The highest BCUT2D eigenvalue weighted by atomic mass is 32.2. The number of aryl methyl sites for hydroxylation is 1. The third-order valence-corrected chi connectivity index (χ3v) is 4.69. The van der Waals surface area contributed by atoms with E-state index in [1.54, 1.807) is 18.8 Å². The van der Waals surface area contributed by atoms with Gasteiger partial charge >= 0.3 is 0 Å². The lowest BCUT2D eigenvalue weighted by Crippen LogP contribution is -2.03. The number of hydrogen-bond donors (Lipinski definition) is 1. The average molecular weight is 346 g/mol. The van der Waals surface area contributed by atoms with Gasteiger partial charge in [-0.05, 0) is 12.5 Å². The minimum absolute atomic E-state index is 0.468. The molecular weight excluding hydrogens is 328 g/mol. The van der Waals surface area contributed by atoms with Gasteiger partial charge in [0.15, 0.2) is 5.16 Å². The zero-order valence-corrected chi connectivity index (χ0v) is 15.0. The summed E-state index contributed by atoms with van der Waals surface area (Å²) in [7, 11) is 1.77.